The van der Waals surface area contributed by atoms with Gasteiger partial charge in [0.2, 0.25) is 0 Å². The third-order valence-electron chi connectivity index (χ3n) is 5.32. The van der Waals surface area contributed by atoms with Crippen molar-refractivity contribution in [2.24, 2.45) is 11.1 Å². The van der Waals surface area contributed by atoms with Crippen molar-refractivity contribution >= 4 is 6.21 Å². The molecule has 2 aromatic carbocycles. The van der Waals surface area contributed by atoms with E-state index in [4.69, 9.17) is 4.84 Å². The molecule has 2 bridgehead atoms. The number of rotatable bonds is 5. The zero-order chi connectivity index (χ0) is 16.2. The van der Waals surface area contributed by atoms with E-state index in [0.717, 1.165) is 17.0 Å². The summed E-state index contributed by atoms with van der Waals surface area (Å²) in [5.74, 6) is 0.938. The Balaban J connectivity index is 1.33. The molecule has 0 radical (unpaired) electrons. The summed E-state index contributed by atoms with van der Waals surface area (Å²) >= 11 is 0. The molecule has 3 aliphatic heterocycles. The first-order valence-electron chi connectivity index (χ1n) is 8.92. The Bertz CT molecular complexity index is 673. The van der Waals surface area contributed by atoms with Crippen molar-refractivity contribution in [2.75, 3.05) is 13.1 Å². The van der Waals surface area contributed by atoms with E-state index in [1.807, 2.05) is 30.3 Å². The molecule has 5 rings (SSSR count). The van der Waals surface area contributed by atoms with E-state index in [-0.39, 0.29) is 0 Å². The van der Waals surface area contributed by atoms with Crippen molar-refractivity contribution in [3.8, 4) is 0 Å². The highest BCUT2D eigenvalue weighted by Gasteiger charge is 2.33. The van der Waals surface area contributed by atoms with Gasteiger partial charge in [-0.05, 0) is 55.0 Å². The van der Waals surface area contributed by atoms with Crippen LogP contribution in [0.1, 0.15) is 42.0 Å². The number of hydrogen-bond acceptors (Lipinski definition) is 3. The first kappa shape index (κ1) is 15.4. The maximum absolute atomic E-state index is 5.37. The molecule has 3 heteroatoms. The van der Waals surface area contributed by atoms with Crippen LogP contribution in [0.15, 0.2) is 59.8 Å². The van der Waals surface area contributed by atoms with Crippen molar-refractivity contribution in [1.29, 1.82) is 0 Å². The van der Waals surface area contributed by atoms with E-state index < -0.39 is 0 Å². The van der Waals surface area contributed by atoms with Gasteiger partial charge in [0.1, 0.15) is 6.61 Å². The summed E-state index contributed by atoms with van der Waals surface area (Å²) in [5, 5.41) is 4.08. The van der Waals surface area contributed by atoms with E-state index in [1.165, 1.54) is 37.9 Å². The quantitative estimate of drug-likeness (QED) is 0.603. The minimum Gasteiger partial charge on any atom is -0.391 e. The molecule has 0 aliphatic carbocycles. The van der Waals surface area contributed by atoms with Crippen LogP contribution in [0.3, 0.4) is 0 Å². The molecular weight excluding hydrogens is 296 g/mol. The predicted octanol–water partition coefficient (Wildman–Crippen LogP) is 4.39. The van der Waals surface area contributed by atoms with Crippen molar-refractivity contribution in [2.45, 2.75) is 31.9 Å². The lowest BCUT2D eigenvalue weighted by Gasteiger charge is -2.45. The Morgan fingerprint density at radius 3 is 2.42 bits per heavy atom. The van der Waals surface area contributed by atoms with Crippen LogP contribution in [0.2, 0.25) is 0 Å². The summed E-state index contributed by atoms with van der Waals surface area (Å²) in [6.07, 6.45) is 5.90. The van der Waals surface area contributed by atoms with Crippen molar-refractivity contribution in [3.63, 3.8) is 0 Å². The van der Waals surface area contributed by atoms with Gasteiger partial charge >= 0.3 is 0 Å². The zero-order valence-electron chi connectivity index (χ0n) is 14.0. The van der Waals surface area contributed by atoms with Crippen LogP contribution < -0.4 is 0 Å². The molecular formula is C21H24N2O. The van der Waals surface area contributed by atoms with Crippen LogP contribution in [-0.4, -0.2) is 24.2 Å². The lowest BCUT2D eigenvalue weighted by molar-refractivity contribution is 0.0490. The van der Waals surface area contributed by atoms with E-state index in [9.17, 15) is 0 Å². The van der Waals surface area contributed by atoms with Crippen LogP contribution in [0.25, 0.3) is 0 Å². The highest BCUT2D eigenvalue weighted by Crippen LogP contribution is 2.40. The molecule has 3 saturated heterocycles. The highest BCUT2D eigenvalue weighted by molar-refractivity contribution is 5.79. The third kappa shape index (κ3) is 3.51. The number of oxime groups is 1. The molecule has 3 fully saturated rings. The van der Waals surface area contributed by atoms with Crippen LogP contribution >= 0.6 is 0 Å². The van der Waals surface area contributed by atoms with Gasteiger partial charge in [0, 0.05) is 6.04 Å². The molecule has 0 amide bonds. The first-order chi connectivity index (χ1) is 11.9. The van der Waals surface area contributed by atoms with Crippen molar-refractivity contribution in [3.05, 3.63) is 71.3 Å². The molecule has 3 aliphatic rings. The molecule has 3 heterocycles. The fourth-order valence-corrected chi connectivity index (χ4v) is 3.90. The Morgan fingerprint density at radius 1 is 1.00 bits per heavy atom. The van der Waals surface area contributed by atoms with Crippen molar-refractivity contribution in [1.82, 2.24) is 4.90 Å². The molecule has 0 saturated carbocycles. The van der Waals surface area contributed by atoms with Crippen molar-refractivity contribution < 1.29 is 4.84 Å². The standard InChI is InChI=1S/C21H24N2O/c1-2-4-19(5-3-1)16-24-22-15-18-6-8-20(9-7-18)21-14-17-10-12-23(21)13-11-17/h1-9,15,17,21H,10-14,16H2/b22-15-. The second-order valence-electron chi connectivity index (χ2n) is 6.89. The summed E-state index contributed by atoms with van der Waals surface area (Å²) in [6, 6.07) is 19.5. The molecule has 24 heavy (non-hydrogen) atoms. The van der Waals surface area contributed by atoms with Crippen LogP contribution in [0.5, 0.6) is 0 Å². The number of benzene rings is 2. The van der Waals surface area contributed by atoms with E-state index in [2.05, 4.69) is 34.3 Å². The summed E-state index contributed by atoms with van der Waals surface area (Å²) in [5.41, 5.74) is 3.66. The average Bonchev–Trinajstić information content (AvgIpc) is 2.67. The van der Waals surface area contributed by atoms with Gasteiger partial charge in [-0.25, -0.2) is 0 Å². The minimum absolute atomic E-state index is 0.508. The number of piperidine rings is 3. The lowest BCUT2D eigenvalue weighted by atomic mass is 9.81. The zero-order valence-corrected chi connectivity index (χ0v) is 14.0. The first-order valence-corrected chi connectivity index (χ1v) is 8.92. The topological polar surface area (TPSA) is 24.8 Å². The van der Waals surface area contributed by atoms with Gasteiger partial charge in [0.05, 0.1) is 6.21 Å². The predicted molar refractivity (Wildman–Crippen MR) is 96.9 cm³/mol. The van der Waals surface area contributed by atoms with E-state index in [0.29, 0.717) is 12.6 Å². The third-order valence-corrected chi connectivity index (χ3v) is 5.32. The average molecular weight is 320 g/mol. The van der Waals surface area contributed by atoms with Gasteiger partial charge in [-0.2, -0.15) is 0 Å². The summed E-state index contributed by atoms with van der Waals surface area (Å²) in [6.45, 7) is 3.05. The van der Waals surface area contributed by atoms with Crippen LogP contribution in [0.4, 0.5) is 0 Å². The summed E-state index contributed by atoms with van der Waals surface area (Å²) < 4.78 is 0. The van der Waals surface area contributed by atoms with Crippen LogP contribution in [0, 0.1) is 5.92 Å². The summed E-state index contributed by atoms with van der Waals surface area (Å²) in [7, 11) is 0. The van der Waals surface area contributed by atoms with Gasteiger partial charge in [-0.15, -0.1) is 0 Å². The molecule has 124 valence electrons. The molecule has 3 nitrogen and oxygen atoms in total. The van der Waals surface area contributed by atoms with Gasteiger partial charge in [0.25, 0.3) is 0 Å². The van der Waals surface area contributed by atoms with Gasteiger partial charge < -0.3 is 4.84 Å². The fraction of sp³-hybridized carbons (Fsp3) is 0.381. The smallest absolute Gasteiger partial charge is 0.142 e. The fourth-order valence-electron chi connectivity index (χ4n) is 3.90. The van der Waals surface area contributed by atoms with E-state index >= 15 is 0 Å². The lowest BCUT2D eigenvalue weighted by Crippen LogP contribution is -2.43. The second-order valence-corrected chi connectivity index (χ2v) is 6.89. The highest BCUT2D eigenvalue weighted by atomic mass is 16.6. The molecule has 0 aromatic heterocycles. The Hall–Kier alpha value is -2.13. The molecule has 1 atom stereocenters. The number of hydrogen-bond donors (Lipinski definition) is 0. The van der Waals surface area contributed by atoms with E-state index in [1.54, 1.807) is 6.21 Å². The molecule has 0 spiro atoms. The maximum atomic E-state index is 5.37. The van der Waals surface area contributed by atoms with Gasteiger partial charge in [-0.3, -0.25) is 4.90 Å². The SMILES string of the molecule is C(=N/OCc1ccccc1)/c1ccc(C2CC3CCN2CC3)cc1. The number of fused-ring (bicyclic) bond motifs is 3. The Morgan fingerprint density at radius 2 is 1.75 bits per heavy atom. The normalized spacial score (nSPS) is 25.9. The largest absolute Gasteiger partial charge is 0.391 e. The minimum atomic E-state index is 0.508. The molecule has 2 aromatic rings. The monoisotopic (exact) mass is 320 g/mol. The Kier molecular flexibility index (Phi) is 4.61. The van der Waals surface area contributed by atoms with Crippen LogP contribution in [-0.2, 0) is 11.4 Å². The second kappa shape index (κ2) is 7.18. The molecule has 0 N–H and O–H groups in total. The maximum Gasteiger partial charge on any atom is 0.142 e. The van der Waals surface area contributed by atoms with Gasteiger partial charge in [-0.1, -0.05) is 59.8 Å². The Labute approximate surface area is 143 Å². The molecule has 1 unspecified atom stereocenters. The van der Waals surface area contributed by atoms with Gasteiger partial charge in [0.15, 0.2) is 0 Å². The number of nitrogens with zero attached hydrogens (tertiary/aromatic N) is 2. The summed E-state index contributed by atoms with van der Waals surface area (Å²) in [4.78, 5) is 8.02.